The van der Waals surface area contributed by atoms with Gasteiger partial charge in [-0.3, -0.25) is 0 Å². The first-order valence-corrected chi connectivity index (χ1v) is 3.66. The van der Waals surface area contributed by atoms with E-state index < -0.39 is 0 Å². The standard InChI is InChI=1S/C8H11BrO/c1-5(2)6(3)8(10)7(4)9/h10H,1,4H2,2-3H3/b8-6+. The number of allylic oxidation sites excluding steroid dienone is 3. The quantitative estimate of drug-likeness (QED) is 0.539. The minimum Gasteiger partial charge on any atom is -0.507 e. The average molecular weight is 203 g/mol. The van der Waals surface area contributed by atoms with Gasteiger partial charge in [-0.1, -0.05) is 18.7 Å². The lowest BCUT2D eigenvalue weighted by Gasteiger charge is -2.02. The fraction of sp³-hybridized carbons (Fsp3) is 0.250. The topological polar surface area (TPSA) is 20.2 Å². The maximum absolute atomic E-state index is 9.24. The molecule has 0 spiro atoms. The van der Waals surface area contributed by atoms with E-state index in [1.165, 1.54) is 0 Å². The number of hydrogen-bond acceptors (Lipinski definition) is 1. The Morgan fingerprint density at radius 2 is 1.70 bits per heavy atom. The monoisotopic (exact) mass is 202 g/mol. The average Bonchev–Trinajstić information content (AvgIpc) is 1.84. The molecule has 0 atom stereocenters. The van der Waals surface area contributed by atoms with Crippen LogP contribution in [0.1, 0.15) is 13.8 Å². The first-order valence-electron chi connectivity index (χ1n) is 2.87. The van der Waals surface area contributed by atoms with E-state index in [-0.39, 0.29) is 5.76 Å². The zero-order valence-electron chi connectivity index (χ0n) is 6.24. The van der Waals surface area contributed by atoms with Crippen LogP contribution in [0.5, 0.6) is 0 Å². The molecule has 0 amide bonds. The molecule has 0 fully saturated rings. The Labute approximate surface area is 69.9 Å². The van der Waals surface area contributed by atoms with Crippen LogP contribution in [0.15, 0.2) is 34.5 Å². The second-order valence-corrected chi connectivity index (χ2v) is 3.12. The molecule has 56 valence electrons. The summed E-state index contributed by atoms with van der Waals surface area (Å²) in [6, 6.07) is 0. The van der Waals surface area contributed by atoms with Gasteiger partial charge in [-0.25, -0.2) is 0 Å². The second kappa shape index (κ2) is 3.62. The molecule has 0 bridgehead atoms. The molecule has 0 heterocycles. The molecule has 0 aromatic rings. The van der Waals surface area contributed by atoms with Gasteiger partial charge in [0.1, 0.15) is 5.76 Å². The van der Waals surface area contributed by atoms with Crippen molar-refractivity contribution in [2.75, 3.05) is 0 Å². The van der Waals surface area contributed by atoms with Gasteiger partial charge in [0.05, 0.1) is 4.48 Å². The zero-order valence-corrected chi connectivity index (χ0v) is 7.83. The van der Waals surface area contributed by atoms with Crippen molar-refractivity contribution in [2.24, 2.45) is 0 Å². The third-order valence-corrected chi connectivity index (χ3v) is 1.63. The predicted octanol–water partition coefficient (Wildman–Crippen LogP) is 3.30. The summed E-state index contributed by atoms with van der Waals surface area (Å²) >= 11 is 3.07. The highest BCUT2D eigenvalue weighted by molar-refractivity contribution is 9.11. The van der Waals surface area contributed by atoms with Crippen molar-refractivity contribution in [3.8, 4) is 0 Å². The van der Waals surface area contributed by atoms with E-state index in [1.54, 1.807) is 6.92 Å². The van der Waals surface area contributed by atoms with E-state index in [9.17, 15) is 5.11 Å². The van der Waals surface area contributed by atoms with Crippen LogP contribution < -0.4 is 0 Å². The fourth-order valence-corrected chi connectivity index (χ4v) is 0.703. The molecule has 1 N–H and O–H groups in total. The van der Waals surface area contributed by atoms with Gasteiger partial charge in [-0.15, -0.1) is 0 Å². The molecule has 1 nitrogen and oxygen atoms in total. The van der Waals surface area contributed by atoms with Crippen molar-refractivity contribution in [1.29, 1.82) is 0 Å². The van der Waals surface area contributed by atoms with Gasteiger partial charge in [0.15, 0.2) is 0 Å². The number of rotatable bonds is 2. The molecule has 0 aromatic heterocycles. The van der Waals surface area contributed by atoms with Crippen molar-refractivity contribution in [3.63, 3.8) is 0 Å². The number of halogens is 1. The summed E-state index contributed by atoms with van der Waals surface area (Å²) in [5, 5.41) is 9.24. The van der Waals surface area contributed by atoms with Gasteiger partial charge < -0.3 is 5.11 Å². The Bertz CT molecular complexity index is 179. The van der Waals surface area contributed by atoms with Crippen molar-refractivity contribution >= 4 is 15.9 Å². The highest BCUT2D eigenvalue weighted by Gasteiger charge is 2.01. The van der Waals surface area contributed by atoms with E-state index in [0.717, 1.165) is 11.1 Å². The van der Waals surface area contributed by atoms with Gasteiger partial charge in [0, 0.05) is 0 Å². The molecule has 0 unspecified atom stereocenters. The lowest BCUT2D eigenvalue weighted by atomic mass is 10.1. The molecule has 0 radical (unpaired) electrons. The second-order valence-electron chi connectivity index (χ2n) is 2.16. The molecular weight excluding hydrogens is 192 g/mol. The molecule has 2 heteroatoms. The highest BCUT2D eigenvalue weighted by Crippen LogP contribution is 2.19. The van der Waals surface area contributed by atoms with Crippen LogP contribution in [-0.2, 0) is 0 Å². The third-order valence-electron chi connectivity index (χ3n) is 1.25. The smallest absolute Gasteiger partial charge is 0.132 e. The maximum Gasteiger partial charge on any atom is 0.132 e. The number of aliphatic hydroxyl groups is 1. The first-order chi connectivity index (χ1) is 4.46. The summed E-state index contributed by atoms with van der Waals surface area (Å²) in [7, 11) is 0. The third kappa shape index (κ3) is 2.40. The minimum atomic E-state index is 0.174. The van der Waals surface area contributed by atoms with Gasteiger partial charge >= 0.3 is 0 Å². The Hall–Kier alpha value is -0.500. The zero-order chi connectivity index (χ0) is 8.31. The molecule has 10 heavy (non-hydrogen) atoms. The lowest BCUT2D eigenvalue weighted by molar-refractivity contribution is 0.425. The van der Waals surface area contributed by atoms with Gasteiger partial charge in [-0.05, 0) is 35.4 Å². The van der Waals surface area contributed by atoms with Crippen LogP contribution in [-0.4, -0.2) is 5.11 Å². The van der Waals surface area contributed by atoms with E-state index in [0.29, 0.717) is 4.48 Å². The van der Waals surface area contributed by atoms with Crippen LogP contribution in [0.3, 0.4) is 0 Å². The van der Waals surface area contributed by atoms with Crippen LogP contribution in [0.2, 0.25) is 0 Å². The van der Waals surface area contributed by atoms with Crippen molar-refractivity contribution in [3.05, 3.63) is 34.5 Å². The molecule has 0 aliphatic heterocycles. The van der Waals surface area contributed by atoms with Gasteiger partial charge in [0.2, 0.25) is 0 Å². The van der Waals surface area contributed by atoms with E-state index >= 15 is 0 Å². The van der Waals surface area contributed by atoms with Crippen molar-refractivity contribution in [1.82, 2.24) is 0 Å². The summed E-state index contributed by atoms with van der Waals surface area (Å²) in [6.07, 6.45) is 0. The normalized spacial score (nSPS) is 12.3. The predicted molar refractivity (Wildman–Crippen MR) is 48.2 cm³/mol. The summed E-state index contributed by atoms with van der Waals surface area (Å²) in [5.41, 5.74) is 1.61. The Morgan fingerprint density at radius 1 is 1.30 bits per heavy atom. The Kier molecular flexibility index (Phi) is 3.43. The Balaban J connectivity index is 4.67. The minimum absolute atomic E-state index is 0.174. The van der Waals surface area contributed by atoms with Crippen molar-refractivity contribution in [2.45, 2.75) is 13.8 Å². The van der Waals surface area contributed by atoms with Crippen LogP contribution in [0.25, 0.3) is 0 Å². The summed E-state index contributed by atoms with van der Waals surface area (Å²) in [6.45, 7) is 10.8. The molecule has 0 aromatic carbocycles. The van der Waals surface area contributed by atoms with E-state index in [2.05, 4.69) is 29.1 Å². The molecule has 0 aliphatic carbocycles. The number of aliphatic hydroxyl groups excluding tert-OH is 1. The lowest BCUT2D eigenvalue weighted by Crippen LogP contribution is -1.86. The molecule has 0 rings (SSSR count). The van der Waals surface area contributed by atoms with Crippen molar-refractivity contribution < 1.29 is 5.11 Å². The summed E-state index contributed by atoms with van der Waals surface area (Å²) in [4.78, 5) is 0. The largest absolute Gasteiger partial charge is 0.507 e. The number of hydrogen-bond donors (Lipinski definition) is 1. The molecule has 0 saturated heterocycles. The highest BCUT2D eigenvalue weighted by atomic mass is 79.9. The van der Waals surface area contributed by atoms with Crippen LogP contribution in [0, 0.1) is 0 Å². The molecule has 0 aliphatic rings. The van der Waals surface area contributed by atoms with E-state index in [4.69, 9.17) is 0 Å². The van der Waals surface area contributed by atoms with E-state index in [1.807, 2.05) is 6.92 Å². The SMILES string of the molecule is C=C(C)/C(C)=C(/O)C(=C)Br. The maximum atomic E-state index is 9.24. The van der Waals surface area contributed by atoms with Gasteiger partial charge in [-0.2, -0.15) is 0 Å². The first kappa shape index (κ1) is 9.50. The Morgan fingerprint density at radius 3 is 1.80 bits per heavy atom. The van der Waals surface area contributed by atoms with Crippen LogP contribution in [0.4, 0.5) is 0 Å². The van der Waals surface area contributed by atoms with Gasteiger partial charge in [0.25, 0.3) is 0 Å². The van der Waals surface area contributed by atoms with Crippen LogP contribution >= 0.6 is 15.9 Å². The fourth-order valence-electron chi connectivity index (χ4n) is 0.406. The summed E-state index contributed by atoms with van der Waals surface area (Å²) in [5.74, 6) is 0.174. The molecular formula is C8H11BrO. The molecule has 0 saturated carbocycles. The summed E-state index contributed by atoms with van der Waals surface area (Å²) < 4.78 is 0.494.